The smallest absolute Gasteiger partial charge is 0.213 e. The van der Waals surface area contributed by atoms with Crippen molar-refractivity contribution in [1.82, 2.24) is 4.98 Å². The fourth-order valence-electron chi connectivity index (χ4n) is 1.87. The van der Waals surface area contributed by atoms with Crippen molar-refractivity contribution in [2.45, 2.75) is 32.7 Å². The Bertz CT molecular complexity index is 465. The minimum absolute atomic E-state index is 0.366. The van der Waals surface area contributed by atoms with E-state index in [0.717, 1.165) is 24.3 Å². The molecule has 4 heteroatoms. The first kappa shape index (κ1) is 13.5. The van der Waals surface area contributed by atoms with Crippen LogP contribution in [-0.2, 0) is 6.42 Å². The number of aryl methyl sites for hydroxylation is 1. The summed E-state index contributed by atoms with van der Waals surface area (Å²) >= 11 is 0. The van der Waals surface area contributed by atoms with E-state index in [2.05, 4.69) is 17.2 Å². The maximum atomic E-state index is 5.32. The second-order valence-electron chi connectivity index (χ2n) is 4.48. The van der Waals surface area contributed by atoms with E-state index in [4.69, 9.17) is 9.15 Å². The van der Waals surface area contributed by atoms with Gasteiger partial charge < -0.3 is 14.5 Å². The van der Waals surface area contributed by atoms with E-state index >= 15 is 0 Å². The fourth-order valence-corrected chi connectivity index (χ4v) is 1.87. The molecule has 0 saturated heterocycles. The van der Waals surface area contributed by atoms with Crippen LogP contribution in [0.5, 0.6) is 5.88 Å². The van der Waals surface area contributed by atoms with E-state index in [1.807, 2.05) is 31.2 Å². The van der Waals surface area contributed by atoms with Gasteiger partial charge in [0.2, 0.25) is 5.88 Å². The summed E-state index contributed by atoms with van der Waals surface area (Å²) in [7, 11) is 0. The Kier molecular flexibility index (Phi) is 4.84. The predicted octanol–water partition coefficient (Wildman–Crippen LogP) is 3.51. The summed E-state index contributed by atoms with van der Waals surface area (Å²) in [5.74, 6) is 1.69. The Morgan fingerprint density at radius 3 is 2.89 bits per heavy atom. The molecule has 1 atom stereocenters. The molecule has 0 aromatic carbocycles. The number of nitrogens with zero attached hydrogens (tertiary/aromatic N) is 1. The zero-order valence-corrected chi connectivity index (χ0v) is 11.4. The molecule has 0 bridgehead atoms. The molecule has 1 N–H and O–H groups in total. The van der Waals surface area contributed by atoms with Gasteiger partial charge >= 0.3 is 0 Å². The first-order valence-corrected chi connectivity index (χ1v) is 6.65. The molecule has 1 unspecified atom stereocenters. The topological polar surface area (TPSA) is 47.3 Å². The standard InChI is InChI=1S/C15H20N2O2/c1-3-18-15-9-7-13(11-16-15)17-12(2)6-8-14-5-4-10-19-14/h4-5,7,9-12,17H,3,6,8H2,1-2H3. The highest BCUT2D eigenvalue weighted by molar-refractivity contribution is 5.42. The van der Waals surface area contributed by atoms with Gasteiger partial charge in [0.25, 0.3) is 0 Å². The molecule has 0 aliphatic rings. The molecule has 0 saturated carbocycles. The lowest BCUT2D eigenvalue weighted by molar-refractivity contribution is 0.327. The summed E-state index contributed by atoms with van der Waals surface area (Å²) in [5, 5.41) is 3.41. The average Bonchev–Trinajstić information content (AvgIpc) is 2.92. The summed E-state index contributed by atoms with van der Waals surface area (Å²) in [6.45, 7) is 4.74. The minimum Gasteiger partial charge on any atom is -0.478 e. The third kappa shape index (κ3) is 4.32. The molecule has 0 aliphatic heterocycles. The Hall–Kier alpha value is -1.97. The second-order valence-corrected chi connectivity index (χ2v) is 4.48. The maximum absolute atomic E-state index is 5.32. The largest absolute Gasteiger partial charge is 0.478 e. The molecule has 0 spiro atoms. The third-order valence-electron chi connectivity index (χ3n) is 2.85. The molecule has 2 aromatic heterocycles. The molecule has 2 rings (SSSR count). The Morgan fingerprint density at radius 1 is 1.37 bits per heavy atom. The highest BCUT2D eigenvalue weighted by Gasteiger charge is 2.05. The Labute approximate surface area is 113 Å². The lowest BCUT2D eigenvalue weighted by Crippen LogP contribution is -2.16. The SMILES string of the molecule is CCOc1ccc(NC(C)CCc2ccco2)cn1. The van der Waals surface area contributed by atoms with E-state index in [1.54, 1.807) is 12.5 Å². The quantitative estimate of drug-likeness (QED) is 0.827. The van der Waals surface area contributed by atoms with Gasteiger partial charge in [0.05, 0.1) is 24.8 Å². The number of ether oxygens (including phenoxy) is 1. The molecular weight excluding hydrogens is 240 g/mol. The summed E-state index contributed by atoms with van der Waals surface area (Å²) in [5.41, 5.74) is 1.01. The van der Waals surface area contributed by atoms with Gasteiger partial charge in [0.1, 0.15) is 5.76 Å². The molecule has 4 nitrogen and oxygen atoms in total. The van der Waals surface area contributed by atoms with Gasteiger partial charge in [-0.3, -0.25) is 0 Å². The normalized spacial score (nSPS) is 12.1. The van der Waals surface area contributed by atoms with Crippen LogP contribution >= 0.6 is 0 Å². The zero-order chi connectivity index (χ0) is 13.5. The average molecular weight is 260 g/mol. The molecule has 102 valence electrons. The molecule has 0 fully saturated rings. The highest BCUT2D eigenvalue weighted by atomic mass is 16.5. The zero-order valence-electron chi connectivity index (χ0n) is 11.4. The lowest BCUT2D eigenvalue weighted by atomic mass is 10.1. The number of anilines is 1. The predicted molar refractivity (Wildman–Crippen MR) is 75.5 cm³/mol. The van der Waals surface area contributed by atoms with Crippen molar-refractivity contribution in [3.05, 3.63) is 42.5 Å². The van der Waals surface area contributed by atoms with Gasteiger partial charge in [-0.1, -0.05) is 0 Å². The third-order valence-corrected chi connectivity index (χ3v) is 2.85. The molecule has 19 heavy (non-hydrogen) atoms. The molecule has 0 radical (unpaired) electrons. The van der Waals surface area contributed by atoms with Gasteiger partial charge in [-0.15, -0.1) is 0 Å². The Morgan fingerprint density at radius 2 is 2.26 bits per heavy atom. The van der Waals surface area contributed by atoms with Crippen LogP contribution in [0.1, 0.15) is 26.0 Å². The van der Waals surface area contributed by atoms with Crippen LogP contribution in [0.3, 0.4) is 0 Å². The number of pyridine rings is 1. The van der Waals surface area contributed by atoms with E-state index in [9.17, 15) is 0 Å². The highest BCUT2D eigenvalue weighted by Crippen LogP contribution is 2.14. The van der Waals surface area contributed by atoms with Crippen molar-refractivity contribution in [2.24, 2.45) is 0 Å². The summed E-state index contributed by atoms with van der Waals surface area (Å²) in [6.07, 6.45) is 5.46. The summed E-state index contributed by atoms with van der Waals surface area (Å²) in [6, 6.07) is 8.16. The number of hydrogen-bond donors (Lipinski definition) is 1. The Balaban J connectivity index is 1.79. The maximum Gasteiger partial charge on any atom is 0.213 e. The summed E-state index contributed by atoms with van der Waals surface area (Å²) in [4.78, 5) is 4.23. The molecular formula is C15H20N2O2. The van der Waals surface area contributed by atoms with Gasteiger partial charge in [0, 0.05) is 18.5 Å². The van der Waals surface area contributed by atoms with Gasteiger partial charge in [-0.05, 0) is 38.5 Å². The number of furan rings is 1. The fraction of sp³-hybridized carbons (Fsp3) is 0.400. The van der Waals surface area contributed by atoms with E-state index in [-0.39, 0.29) is 0 Å². The van der Waals surface area contributed by atoms with Crippen molar-refractivity contribution >= 4 is 5.69 Å². The lowest BCUT2D eigenvalue weighted by Gasteiger charge is -2.14. The van der Waals surface area contributed by atoms with Crippen molar-refractivity contribution in [3.63, 3.8) is 0 Å². The minimum atomic E-state index is 0.366. The van der Waals surface area contributed by atoms with Crippen molar-refractivity contribution in [1.29, 1.82) is 0 Å². The first-order chi connectivity index (χ1) is 9.28. The molecule has 2 heterocycles. The second kappa shape index (κ2) is 6.83. The van der Waals surface area contributed by atoms with Crippen LogP contribution in [0.15, 0.2) is 41.1 Å². The van der Waals surface area contributed by atoms with Crippen LogP contribution in [0.2, 0.25) is 0 Å². The number of hydrogen-bond acceptors (Lipinski definition) is 4. The molecule has 0 amide bonds. The van der Waals surface area contributed by atoms with E-state index in [0.29, 0.717) is 18.5 Å². The van der Waals surface area contributed by atoms with Crippen LogP contribution in [0, 0.1) is 0 Å². The van der Waals surface area contributed by atoms with Crippen LogP contribution < -0.4 is 10.1 Å². The van der Waals surface area contributed by atoms with E-state index in [1.165, 1.54) is 0 Å². The van der Waals surface area contributed by atoms with Crippen molar-refractivity contribution < 1.29 is 9.15 Å². The van der Waals surface area contributed by atoms with Crippen LogP contribution in [0.25, 0.3) is 0 Å². The molecule has 2 aromatic rings. The number of rotatable bonds is 7. The number of aromatic nitrogens is 1. The first-order valence-electron chi connectivity index (χ1n) is 6.65. The van der Waals surface area contributed by atoms with Crippen LogP contribution in [0.4, 0.5) is 5.69 Å². The van der Waals surface area contributed by atoms with Gasteiger partial charge in [0.15, 0.2) is 0 Å². The van der Waals surface area contributed by atoms with Gasteiger partial charge in [-0.25, -0.2) is 4.98 Å². The summed E-state index contributed by atoms with van der Waals surface area (Å²) < 4.78 is 10.6. The molecule has 0 aliphatic carbocycles. The van der Waals surface area contributed by atoms with Crippen molar-refractivity contribution in [2.75, 3.05) is 11.9 Å². The van der Waals surface area contributed by atoms with Crippen LogP contribution in [-0.4, -0.2) is 17.6 Å². The monoisotopic (exact) mass is 260 g/mol. The number of nitrogens with one attached hydrogen (secondary N) is 1. The van der Waals surface area contributed by atoms with Gasteiger partial charge in [-0.2, -0.15) is 0 Å². The van der Waals surface area contributed by atoms with Crippen molar-refractivity contribution in [3.8, 4) is 5.88 Å². The van der Waals surface area contributed by atoms with E-state index < -0.39 is 0 Å².